The molecule has 268 valence electrons. The van der Waals surface area contributed by atoms with Gasteiger partial charge in [0.05, 0.1) is 0 Å². The first kappa shape index (κ1) is 34.0. The van der Waals surface area contributed by atoms with Crippen molar-refractivity contribution in [3.8, 4) is 0 Å². The summed E-state index contributed by atoms with van der Waals surface area (Å²) in [6.45, 7) is 4.62. The average molecular weight is 696 g/mol. The molecule has 1 heterocycles. The first-order chi connectivity index (χ1) is 26.1. The maximum Gasteiger partial charge on any atom is 0.135 e. The Balaban J connectivity index is 1.15. The summed E-state index contributed by atoms with van der Waals surface area (Å²) in [6.07, 6.45) is 52.2. The molecule has 9 rings (SSSR count). The van der Waals surface area contributed by atoms with E-state index in [1.54, 1.807) is 0 Å². The van der Waals surface area contributed by atoms with Gasteiger partial charge >= 0.3 is 0 Å². The normalized spacial score (nSPS) is 36.2. The number of aliphatic imine (C=N–C) groups is 2. The molecule has 0 aromatic heterocycles. The van der Waals surface area contributed by atoms with Gasteiger partial charge in [-0.1, -0.05) is 153 Å². The van der Waals surface area contributed by atoms with E-state index in [0.29, 0.717) is 41.4 Å². The zero-order valence-corrected chi connectivity index (χ0v) is 31.5. The smallest absolute Gasteiger partial charge is 0.135 e. The summed E-state index contributed by atoms with van der Waals surface area (Å²) >= 11 is 0. The number of allylic oxidation sites excluding steroid dienone is 21. The molecule has 0 saturated carbocycles. The lowest BCUT2D eigenvalue weighted by Gasteiger charge is -2.47. The molecule has 10 atom stereocenters. The number of benzene rings is 1. The van der Waals surface area contributed by atoms with Crippen LogP contribution < -0.4 is 0 Å². The van der Waals surface area contributed by atoms with Gasteiger partial charge in [-0.2, -0.15) is 0 Å². The molecule has 0 radical (unpaired) electrons. The van der Waals surface area contributed by atoms with E-state index in [9.17, 15) is 0 Å². The fourth-order valence-electron chi connectivity index (χ4n) is 10.5. The van der Waals surface area contributed by atoms with Crippen LogP contribution in [0.25, 0.3) is 5.57 Å². The first-order valence-corrected chi connectivity index (χ1v) is 20.2. The van der Waals surface area contributed by atoms with Gasteiger partial charge in [-0.05, 0) is 96.1 Å². The second-order valence-electron chi connectivity index (χ2n) is 16.3. The molecule has 3 nitrogen and oxygen atoms in total. The summed E-state index contributed by atoms with van der Waals surface area (Å²) in [6, 6.07) is 9.20. The molecule has 1 aromatic rings. The molecule has 1 aromatic carbocycles. The number of nitrogens with zero attached hydrogens (tertiary/aromatic N) is 3. The minimum Gasteiger partial charge on any atom is -0.340 e. The lowest BCUT2D eigenvalue weighted by atomic mass is 9.57. The predicted molar refractivity (Wildman–Crippen MR) is 223 cm³/mol. The predicted octanol–water partition coefficient (Wildman–Crippen LogP) is 11.5. The quantitative estimate of drug-likeness (QED) is 0.291. The van der Waals surface area contributed by atoms with Crippen molar-refractivity contribution in [2.75, 3.05) is 7.05 Å². The maximum atomic E-state index is 5.56. The van der Waals surface area contributed by atoms with Gasteiger partial charge < -0.3 is 4.90 Å². The zero-order chi connectivity index (χ0) is 35.9. The SMILES string of the molecule is C/C=C1/C=CC2CC(C3=CC(C4=NC(C5C=CC=CC5)N(C)C(C5C=CC=CC5)=N4)CC=C3c3ccccc3C3C=CC=CC3)C=C3C=CC(C)C1C32. The van der Waals surface area contributed by atoms with E-state index in [0.717, 1.165) is 43.8 Å². The van der Waals surface area contributed by atoms with Gasteiger partial charge in [-0.25, -0.2) is 9.98 Å². The molecule has 0 saturated heterocycles. The van der Waals surface area contributed by atoms with Gasteiger partial charge in [0.25, 0.3) is 0 Å². The van der Waals surface area contributed by atoms with Crippen molar-refractivity contribution in [3.63, 3.8) is 0 Å². The molecule has 0 spiro atoms. The lowest BCUT2D eigenvalue weighted by Crippen LogP contribution is -2.47. The standard InChI is InChI=1S/C50H53N3/c1-4-34-26-27-39-31-41(30-38-25-24-33(2)46(34)47(38)39)45-32-40(28-29-44(45)43-23-15-14-22-42(43)35-16-8-5-9-17-35)48-51-49(36-18-10-6-11-19-36)53(3)50(52-48)37-20-12-7-13-21-37/h4-16,18,20,22-27,29-30,32-33,35-37,39-41,46-47,49H,17,19,21,28,31H2,1-3H3/b34-4-. The lowest BCUT2D eigenvalue weighted by molar-refractivity contribution is 0.246. The van der Waals surface area contributed by atoms with Gasteiger partial charge in [-0.15, -0.1) is 0 Å². The van der Waals surface area contributed by atoms with Crippen LogP contribution in [0.3, 0.4) is 0 Å². The van der Waals surface area contributed by atoms with Gasteiger partial charge in [0.2, 0.25) is 0 Å². The highest BCUT2D eigenvalue weighted by Crippen LogP contribution is 2.53. The molecular weight excluding hydrogens is 643 g/mol. The molecule has 7 aliphatic carbocycles. The Labute approximate surface area is 317 Å². The molecular formula is C50H53N3. The molecule has 8 aliphatic rings. The Morgan fingerprint density at radius 1 is 0.717 bits per heavy atom. The average Bonchev–Trinajstić information content (AvgIpc) is 3.22. The van der Waals surface area contributed by atoms with Crippen molar-refractivity contribution < 1.29 is 0 Å². The fraction of sp³-hybridized carbons (Fsp3) is 0.360. The Kier molecular flexibility index (Phi) is 9.36. The van der Waals surface area contributed by atoms with Crippen molar-refractivity contribution in [1.82, 2.24) is 4.90 Å². The molecule has 53 heavy (non-hydrogen) atoms. The van der Waals surface area contributed by atoms with Gasteiger partial charge in [0.1, 0.15) is 17.8 Å². The summed E-state index contributed by atoms with van der Waals surface area (Å²) in [4.78, 5) is 13.4. The largest absolute Gasteiger partial charge is 0.340 e. The van der Waals surface area contributed by atoms with Gasteiger partial charge in [-0.3, -0.25) is 0 Å². The van der Waals surface area contributed by atoms with Crippen LogP contribution >= 0.6 is 0 Å². The molecule has 10 unspecified atom stereocenters. The van der Waals surface area contributed by atoms with Crippen LogP contribution in [0, 0.1) is 47.3 Å². The van der Waals surface area contributed by atoms with Crippen LogP contribution in [0.5, 0.6) is 0 Å². The second kappa shape index (κ2) is 14.6. The highest BCUT2D eigenvalue weighted by molar-refractivity contribution is 6.03. The van der Waals surface area contributed by atoms with Crippen molar-refractivity contribution in [3.05, 3.63) is 174 Å². The van der Waals surface area contributed by atoms with Crippen LogP contribution in [0.4, 0.5) is 0 Å². The third kappa shape index (κ3) is 6.37. The van der Waals surface area contributed by atoms with Crippen molar-refractivity contribution in [2.45, 2.75) is 58.0 Å². The van der Waals surface area contributed by atoms with E-state index in [1.807, 2.05) is 0 Å². The Bertz CT molecular complexity index is 2060. The number of hydrogen-bond acceptors (Lipinski definition) is 3. The summed E-state index contributed by atoms with van der Waals surface area (Å²) in [5, 5.41) is 0. The highest BCUT2D eigenvalue weighted by atomic mass is 15.3. The van der Waals surface area contributed by atoms with E-state index in [-0.39, 0.29) is 18.0 Å². The van der Waals surface area contributed by atoms with E-state index >= 15 is 0 Å². The van der Waals surface area contributed by atoms with Crippen LogP contribution in [0.15, 0.2) is 172 Å². The third-order valence-electron chi connectivity index (χ3n) is 13.2. The molecule has 3 heteroatoms. The monoisotopic (exact) mass is 695 g/mol. The van der Waals surface area contributed by atoms with Crippen molar-refractivity contribution >= 4 is 17.2 Å². The van der Waals surface area contributed by atoms with Gasteiger partial charge in [0.15, 0.2) is 0 Å². The van der Waals surface area contributed by atoms with E-state index in [2.05, 4.69) is 172 Å². The van der Waals surface area contributed by atoms with E-state index in [1.165, 1.54) is 33.4 Å². The minimum atomic E-state index is 0.0316. The molecule has 0 bridgehead atoms. The summed E-state index contributed by atoms with van der Waals surface area (Å²) in [5.74, 6) is 5.76. The number of rotatable bonds is 6. The minimum absolute atomic E-state index is 0.0316. The van der Waals surface area contributed by atoms with Gasteiger partial charge in [0, 0.05) is 36.6 Å². The fourth-order valence-corrected chi connectivity index (χ4v) is 10.5. The summed E-state index contributed by atoms with van der Waals surface area (Å²) in [5.41, 5.74) is 8.71. The molecule has 0 amide bonds. The maximum absolute atomic E-state index is 5.56. The molecule has 1 aliphatic heterocycles. The molecule has 0 N–H and O–H groups in total. The second-order valence-corrected chi connectivity index (χ2v) is 16.3. The highest BCUT2D eigenvalue weighted by Gasteiger charge is 2.44. The Morgan fingerprint density at radius 2 is 1.49 bits per heavy atom. The summed E-state index contributed by atoms with van der Waals surface area (Å²) < 4.78 is 0. The van der Waals surface area contributed by atoms with Crippen molar-refractivity contribution in [1.29, 1.82) is 0 Å². The van der Waals surface area contributed by atoms with Crippen LogP contribution in [0.2, 0.25) is 0 Å². The van der Waals surface area contributed by atoms with Crippen LogP contribution in [-0.4, -0.2) is 29.8 Å². The number of hydrogen-bond donors (Lipinski definition) is 0. The number of amidine groups is 2. The van der Waals surface area contributed by atoms with Crippen LogP contribution in [-0.2, 0) is 0 Å². The molecule has 0 fully saturated rings. The summed E-state index contributed by atoms with van der Waals surface area (Å²) in [7, 11) is 2.21. The zero-order valence-electron chi connectivity index (χ0n) is 31.5. The van der Waals surface area contributed by atoms with E-state index < -0.39 is 0 Å². The Hall–Kier alpha value is -4.76. The van der Waals surface area contributed by atoms with E-state index in [4.69, 9.17) is 9.98 Å². The topological polar surface area (TPSA) is 28.0 Å². The first-order valence-electron chi connectivity index (χ1n) is 20.2. The van der Waals surface area contributed by atoms with Crippen molar-refractivity contribution in [2.24, 2.45) is 57.3 Å². The third-order valence-corrected chi connectivity index (χ3v) is 13.2. The van der Waals surface area contributed by atoms with Crippen LogP contribution in [0.1, 0.15) is 63.0 Å². The Morgan fingerprint density at radius 3 is 2.25 bits per heavy atom.